The van der Waals surface area contributed by atoms with Crippen LogP contribution in [0.1, 0.15) is 11.1 Å². The van der Waals surface area contributed by atoms with Crippen molar-refractivity contribution in [3.05, 3.63) is 82.9 Å². The van der Waals surface area contributed by atoms with Gasteiger partial charge in [0.15, 0.2) is 0 Å². The first-order chi connectivity index (χ1) is 14.2. The Morgan fingerprint density at radius 1 is 0.933 bits per heavy atom. The van der Waals surface area contributed by atoms with Gasteiger partial charge in [0.05, 0.1) is 22.2 Å². The number of hydrogen-bond acceptors (Lipinski definition) is 3. The lowest BCUT2D eigenvalue weighted by Crippen LogP contribution is -2.20. The minimum absolute atomic E-state index is 0.0609. The number of carbonyl (C=O) groups is 1. The lowest BCUT2D eigenvalue weighted by atomic mass is 10.2. The van der Waals surface area contributed by atoms with Crippen molar-refractivity contribution in [2.45, 2.75) is 6.18 Å². The highest BCUT2D eigenvalue weighted by Crippen LogP contribution is 2.36. The van der Waals surface area contributed by atoms with Crippen LogP contribution < -0.4 is 15.4 Å². The Morgan fingerprint density at radius 2 is 1.60 bits per heavy atom. The van der Waals surface area contributed by atoms with Crippen molar-refractivity contribution in [2.24, 2.45) is 0 Å². The van der Waals surface area contributed by atoms with Crippen LogP contribution in [0.2, 0.25) is 5.02 Å². The molecule has 0 saturated heterocycles. The van der Waals surface area contributed by atoms with Crippen molar-refractivity contribution >= 4 is 29.0 Å². The lowest BCUT2D eigenvalue weighted by Gasteiger charge is -2.13. The number of carbonyl (C=O) groups excluding carboxylic acids is 1. The van der Waals surface area contributed by atoms with Crippen LogP contribution in [-0.2, 0) is 6.18 Å². The van der Waals surface area contributed by atoms with E-state index < -0.39 is 22.8 Å². The molecule has 0 fully saturated rings. The van der Waals surface area contributed by atoms with Gasteiger partial charge < -0.3 is 15.4 Å². The maximum atomic E-state index is 12.9. The van der Waals surface area contributed by atoms with Crippen LogP contribution in [0.15, 0.2) is 66.7 Å². The Kier molecular flexibility index (Phi) is 6.14. The maximum Gasteiger partial charge on any atom is 0.417 e. The Morgan fingerprint density at radius 3 is 2.23 bits per heavy atom. The summed E-state index contributed by atoms with van der Waals surface area (Å²) in [5.41, 5.74) is -0.247. The lowest BCUT2D eigenvalue weighted by molar-refractivity contribution is -0.137. The molecule has 0 saturated carbocycles. The summed E-state index contributed by atoms with van der Waals surface area (Å²) < 4.78 is 44.5. The monoisotopic (exact) mass is 431 g/mol. The van der Waals surface area contributed by atoms with Crippen LogP contribution in [0.25, 0.3) is 0 Å². The molecule has 152 valence electrons. The number of benzene rings is 3. The number of alkyl halides is 3. The van der Waals surface area contributed by atoms with Crippen LogP contribution in [0.4, 0.5) is 29.3 Å². The minimum Gasteiger partial charge on any atom is -0.457 e. The zero-order chi connectivity index (χ0) is 21.7. The molecule has 3 rings (SSSR count). The minimum atomic E-state index is -4.64. The van der Waals surface area contributed by atoms with E-state index >= 15 is 0 Å². The molecule has 5 nitrogen and oxygen atoms in total. The highest BCUT2D eigenvalue weighted by atomic mass is 35.5. The molecule has 3 aromatic carbocycles. The molecule has 0 bridgehead atoms. The highest BCUT2D eigenvalue weighted by Gasteiger charge is 2.33. The van der Waals surface area contributed by atoms with E-state index in [9.17, 15) is 18.0 Å². The van der Waals surface area contributed by atoms with Gasteiger partial charge in [-0.1, -0.05) is 17.7 Å². The first kappa shape index (κ1) is 21.0. The summed E-state index contributed by atoms with van der Waals surface area (Å²) >= 11 is 5.57. The Balaban J connectivity index is 1.67. The molecule has 0 unspecified atom stereocenters. The summed E-state index contributed by atoms with van der Waals surface area (Å²) in [6.45, 7) is 0. The fourth-order valence-electron chi connectivity index (χ4n) is 2.48. The van der Waals surface area contributed by atoms with Gasteiger partial charge in [0.1, 0.15) is 11.5 Å². The normalized spacial score (nSPS) is 10.8. The Hall–Kier alpha value is -3.70. The third-order valence-corrected chi connectivity index (χ3v) is 4.17. The molecular weight excluding hydrogens is 419 g/mol. The van der Waals surface area contributed by atoms with E-state index in [1.807, 2.05) is 6.07 Å². The zero-order valence-corrected chi connectivity index (χ0v) is 15.9. The number of nitrogens with zero attached hydrogens (tertiary/aromatic N) is 1. The Labute approximate surface area is 174 Å². The van der Waals surface area contributed by atoms with Gasteiger partial charge in [-0.15, -0.1) is 0 Å². The van der Waals surface area contributed by atoms with E-state index in [1.54, 1.807) is 48.5 Å². The van der Waals surface area contributed by atoms with Crippen molar-refractivity contribution in [3.63, 3.8) is 0 Å². The Bertz CT molecular complexity index is 1110. The van der Waals surface area contributed by atoms with Gasteiger partial charge in [-0.2, -0.15) is 18.4 Å². The summed E-state index contributed by atoms with van der Waals surface area (Å²) in [5, 5.41) is 13.2. The third kappa shape index (κ3) is 5.43. The molecule has 2 N–H and O–H groups in total. The van der Waals surface area contributed by atoms with E-state index in [0.717, 1.165) is 12.1 Å². The van der Waals surface area contributed by atoms with E-state index in [0.29, 0.717) is 22.7 Å². The molecule has 0 heterocycles. The van der Waals surface area contributed by atoms with Crippen LogP contribution in [0.3, 0.4) is 0 Å². The SMILES string of the molecule is N#Cc1ccc(Oc2cccc(NC(=O)Nc3ccc(Cl)c(C(F)(F)F)c3)c2)cc1. The molecule has 0 aliphatic heterocycles. The number of anilines is 2. The summed E-state index contributed by atoms with van der Waals surface area (Å²) in [6, 6.07) is 17.3. The fraction of sp³-hybridized carbons (Fsp3) is 0.0476. The van der Waals surface area contributed by atoms with E-state index in [1.165, 1.54) is 6.07 Å². The van der Waals surface area contributed by atoms with Crippen LogP contribution in [-0.4, -0.2) is 6.03 Å². The molecule has 0 aliphatic carbocycles. The molecular formula is C21H13ClF3N3O2. The van der Waals surface area contributed by atoms with Gasteiger partial charge in [-0.3, -0.25) is 0 Å². The molecule has 3 aromatic rings. The summed E-state index contributed by atoms with van der Waals surface area (Å²) in [5.74, 6) is 0.916. The number of nitrogens with one attached hydrogen (secondary N) is 2. The fourth-order valence-corrected chi connectivity index (χ4v) is 2.71. The predicted octanol–water partition coefficient (Wildman–Crippen LogP) is 6.67. The quantitative estimate of drug-likeness (QED) is 0.484. The van der Waals surface area contributed by atoms with Gasteiger partial charge in [0, 0.05) is 17.4 Å². The van der Waals surface area contributed by atoms with Gasteiger partial charge in [-0.25, -0.2) is 4.79 Å². The standard InChI is InChI=1S/C21H13ClF3N3O2/c22-19-9-6-15(11-18(19)21(23,24)25)28-20(29)27-14-2-1-3-17(10-14)30-16-7-4-13(12-26)5-8-16/h1-11H,(H2,27,28,29). The van der Waals surface area contributed by atoms with Gasteiger partial charge in [-0.05, 0) is 54.6 Å². The molecule has 0 atom stereocenters. The van der Waals surface area contributed by atoms with Crippen molar-refractivity contribution < 1.29 is 22.7 Å². The number of amides is 2. The highest BCUT2D eigenvalue weighted by molar-refractivity contribution is 6.31. The van der Waals surface area contributed by atoms with Gasteiger partial charge in [0.2, 0.25) is 0 Å². The van der Waals surface area contributed by atoms with E-state index in [2.05, 4.69) is 10.6 Å². The molecule has 0 spiro atoms. The molecule has 0 aliphatic rings. The van der Waals surface area contributed by atoms with E-state index in [4.69, 9.17) is 21.6 Å². The van der Waals surface area contributed by atoms with Crippen LogP contribution in [0.5, 0.6) is 11.5 Å². The number of ether oxygens (including phenoxy) is 1. The number of nitriles is 1. The molecule has 0 aromatic heterocycles. The van der Waals surface area contributed by atoms with E-state index in [-0.39, 0.29) is 5.69 Å². The summed E-state index contributed by atoms with van der Waals surface area (Å²) in [4.78, 5) is 12.2. The van der Waals surface area contributed by atoms with Gasteiger partial charge in [0.25, 0.3) is 0 Å². The second-order valence-corrected chi connectivity index (χ2v) is 6.44. The van der Waals surface area contributed by atoms with Crippen molar-refractivity contribution in [1.29, 1.82) is 5.26 Å². The second kappa shape index (κ2) is 8.76. The predicted molar refractivity (Wildman–Crippen MR) is 107 cm³/mol. The summed E-state index contributed by atoms with van der Waals surface area (Å²) in [6.07, 6.45) is -4.64. The molecule has 2 amide bonds. The number of rotatable bonds is 4. The smallest absolute Gasteiger partial charge is 0.417 e. The average molecular weight is 432 g/mol. The molecule has 0 radical (unpaired) electrons. The zero-order valence-electron chi connectivity index (χ0n) is 15.1. The van der Waals surface area contributed by atoms with Crippen LogP contribution >= 0.6 is 11.6 Å². The first-order valence-corrected chi connectivity index (χ1v) is 8.85. The molecule has 30 heavy (non-hydrogen) atoms. The third-order valence-electron chi connectivity index (χ3n) is 3.84. The maximum absolute atomic E-state index is 12.9. The average Bonchev–Trinajstić information content (AvgIpc) is 2.69. The number of hydrogen-bond donors (Lipinski definition) is 2. The summed E-state index contributed by atoms with van der Waals surface area (Å²) in [7, 11) is 0. The molecule has 9 heteroatoms. The second-order valence-electron chi connectivity index (χ2n) is 6.04. The largest absolute Gasteiger partial charge is 0.457 e. The van der Waals surface area contributed by atoms with Crippen LogP contribution in [0, 0.1) is 11.3 Å². The van der Waals surface area contributed by atoms with Crippen molar-refractivity contribution in [1.82, 2.24) is 0 Å². The van der Waals surface area contributed by atoms with Gasteiger partial charge >= 0.3 is 12.2 Å². The number of urea groups is 1. The number of halogens is 4. The first-order valence-electron chi connectivity index (χ1n) is 8.47. The van der Waals surface area contributed by atoms with Crippen molar-refractivity contribution in [2.75, 3.05) is 10.6 Å². The van der Waals surface area contributed by atoms with Crippen molar-refractivity contribution in [3.8, 4) is 17.6 Å². The topological polar surface area (TPSA) is 74.1 Å².